The molecule has 0 aliphatic rings. The van der Waals surface area contributed by atoms with E-state index in [9.17, 15) is 13.2 Å². The Bertz CT molecular complexity index is 1140. The Labute approximate surface area is 178 Å². The van der Waals surface area contributed by atoms with Gasteiger partial charge in [-0.2, -0.15) is 0 Å². The molecule has 1 amide bonds. The Morgan fingerprint density at radius 1 is 1.14 bits per heavy atom. The van der Waals surface area contributed by atoms with Crippen molar-refractivity contribution < 1.29 is 13.2 Å². The van der Waals surface area contributed by atoms with E-state index in [1.165, 1.54) is 11.3 Å². The summed E-state index contributed by atoms with van der Waals surface area (Å²) in [6.07, 6.45) is 1.08. The molecule has 0 radical (unpaired) electrons. The fourth-order valence-electron chi connectivity index (χ4n) is 2.66. The summed E-state index contributed by atoms with van der Waals surface area (Å²) < 4.78 is 25.7. The van der Waals surface area contributed by atoms with Gasteiger partial charge in [-0.05, 0) is 43.2 Å². The molecular weight excluding hydrogens is 432 g/mol. The second-order valence-corrected chi connectivity index (χ2v) is 9.78. The molecule has 0 bridgehead atoms. The summed E-state index contributed by atoms with van der Waals surface area (Å²) in [6, 6.07) is 12.4. The van der Waals surface area contributed by atoms with E-state index in [-0.39, 0.29) is 11.7 Å². The van der Waals surface area contributed by atoms with Crippen molar-refractivity contribution in [3.05, 3.63) is 58.6 Å². The highest BCUT2D eigenvalue weighted by molar-refractivity contribution is 7.92. The standard InChI is InChI=1S/C19H19ClN4O3S2/c1-12-5-4-6-16(13(12)2)24(29(3,26)27)11-17(25)21-19-23-22-18(28-19)14-7-9-15(20)10-8-14/h4-10H,11H2,1-3H3,(H,21,23,25). The topological polar surface area (TPSA) is 92.3 Å². The number of hydrogen-bond acceptors (Lipinski definition) is 6. The number of benzene rings is 2. The van der Waals surface area contributed by atoms with Crippen molar-refractivity contribution in [2.45, 2.75) is 13.8 Å². The lowest BCUT2D eigenvalue weighted by atomic mass is 10.1. The average molecular weight is 451 g/mol. The molecule has 2 aromatic carbocycles. The Hall–Kier alpha value is -2.49. The van der Waals surface area contributed by atoms with Crippen LogP contribution < -0.4 is 9.62 Å². The van der Waals surface area contributed by atoms with Gasteiger partial charge in [0.25, 0.3) is 0 Å². The van der Waals surface area contributed by atoms with E-state index in [0.29, 0.717) is 15.7 Å². The number of rotatable bonds is 6. The quantitative estimate of drug-likeness (QED) is 0.615. The van der Waals surface area contributed by atoms with Crippen LogP contribution in [0.25, 0.3) is 10.6 Å². The molecule has 1 heterocycles. The first-order valence-electron chi connectivity index (χ1n) is 8.58. The number of nitrogens with zero attached hydrogens (tertiary/aromatic N) is 3. The highest BCUT2D eigenvalue weighted by Gasteiger charge is 2.23. The first-order chi connectivity index (χ1) is 13.6. The highest BCUT2D eigenvalue weighted by Crippen LogP contribution is 2.28. The molecule has 7 nitrogen and oxygen atoms in total. The molecule has 0 aliphatic carbocycles. The van der Waals surface area contributed by atoms with Gasteiger partial charge in [0.15, 0.2) is 0 Å². The van der Waals surface area contributed by atoms with E-state index >= 15 is 0 Å². The molecule has 0 atom stereocenters. The highest BCUT2D eigenvalue weighted by atomic mass is 35.5. The Kier molecular flexibility index (Phi) is 6.21. The van der Waals surface area contributed by atoms with Gasteiger partial charge < -0.3 is 0 Å². The fourth-order valence-corrected chi connectivity index (χ4v) is 4.46. The van der Waals surface area contributed by atoms with Gasteiger partial charge in [0, 0.05) is 10.6 Å². The smallest absolute Gasteiger partial charge is 0.246 e. The third-order valence-electron chi connectivity index (χ3n) is 4.29. The van der Waals surface area contributed by atoms with Crippen molar-refractivity contribution in [1.82, 2.24) is 10.2 Å². The number of carbonyl (C=O) groups excluding carboxylic acids is 1. The van der Waals surface area contributed by atoms with Crippen molar-refractivity contribution in [2.75, 3.05) is 22.4 Å². The summed E-state index contributed by atoms with van der Waals surface area (Å²) >= 11 is 7.08. The van der Waals surface area contributed by atoms with E-state index in [2.05, 4.69) is 15.5 Å². The van der Waals surface area contributed by atoms with Gasteiger partial charge in [-0.15, -0.1) is 10.2 Å². The van der Waals surface area contributed by atoms with Crippen LogP contribution in [0.2, 0.25) is 5.02 Å². The monoisotopic (exact) mass is 450 g/mol. The maximum absolute atomic E-state index is 12.5. The molecule has 1 aromatic heterocycles. The third-order valence-corrected chi connectivity index (χ3v) is 6.56. The molecule has 152 valence electrons. The molecule has 0 spiro atoms. The third kappa shape index (κ3) is 5.11. The molecule has 1 N–H and O–H groups in total. The van der Waals surface area contributed by atoms with Gasteiger partial charge in [-0.25, -0.2) is 8.42 Å². The zero-order chi connectivity index (χ0) is 21.2. The van der Waals surface area contributed by atoms with E-state index in [1.54, 1.807) is 36.4 Å². The van der Waals surface area contributed by atoms with Crippen molar-refractivity contribution in [1.29, 1.82) is 0 Å². The van der Waals surface area contributed by atoms with Crippen LogP contribution in [0.1, 0.15) is 11.1 Å². The summed E-state index contributed by atoms with van der Waals surface area (Å²) in [5.41, 5.74) is 3.03. The number of carbonyl (C=O) groups is 1. The number of hydrogen-bond donors (Lipinski definition) is 1. The van der Waals surface area contributed by atoms with Crippen LogP contribution in [-0.4, -0.2) is 37.3 Å². The first kappa shape index (κ1) is 21.2. The lowest BCUT2D eigenvalue weighted by Crippen LogP contribution is -2.38. The predicted molar refractivity (Wildman–Crippen MR) is 117 cm³/mol. The van der Waals surface area contributed by atoms with Crippen LogP contribution >= 0.6 is 22.9 Å². The van der Waals surface area contributed by atoms with Gasteiger partial charge >= 0.3 is 0 Å². The van der Waals surface area contributed by atoms with E-state index < -0.39 is 15.9 Å². The number of aromatic nitrogens is 2. The average Bonchev–Trinajstić information content (AvgIpc) is 3.10. The van der Waals surface area contributed by atoms with Gasteiger partial charge in [-0.1, -0.05) is 47.2 Å². The SMILES string of the molecule is Cc1cccc(N(CC(=O)Nc2nnc(-c3ccc(Cl)cc3)s2)S(C)(=O)=O)c1C. The van der Waals surface area contributed by atoms with Crippen LogP contribution in [0.5, 0.6) is 0 Å². The number of aryl methyl sites for hydroxylation is 1. The van der Waals surface area contributed by atoms with E-state index in [1.807, 2.05) is 19.9 Å². The van der Waals surface area contributed by atoms with Crippen LogP contribution in [-0.2, 0) is 14.8 Å². The zero-order valence-electron chi connectivity index (χ0n) is 16.0. The number of sulfonamides is 1. The van der Waals surface area contributed by atoms with Gasteiger partial charge in [-0.3, -0.25) is 14.4 Å². The molecule has 0 saturated carbocycles. The first-order valence-corrected chi connectivity index (χ1v) is 11.6. The van der Waals surface area contributed by atoms with Crippen LogP contribution in [0, 0.1) is 13.8 Å². The normalized spacial score (nSPS) is 11.3. The van der Waals surface area contributed by atoms with Gasteiger partial charge in [0.05, 0.1) is 11.9 Å². The lowest BCUT2D eigenvalue weighted by molar-refractivity contribution is -0.114. The second kappa shape index (κ2) is 8.48. The molecule has 0 unspecified atom stereocenters. The lowest BCUT2D eigenvalue weighted by Gasteiger charge is -2.24. The molecular formula is C19H19ClN4O3S2. The molecule has 3 aromatic rings. The van der Waals surface area contributed by atoms with Crippen LogP contribution in [0.4, 0.5) is 10.8 Å². The molecule has 10 heteroatoms. The largest absolute Gasteiger partial charge is 0.299 e. The predicted octanol–water partition coefficient (Wildman–Crippen LogP) is 3.88. The maximum atomic E-state index is 12.5. The molecule has 0 saturated heterocycles. The Balaban J connectivity index is 1.78. The zero-order valence-corrected chi connectivity index (χ0v) is 18.4. The fraction of sp³-hybridized carbons (Fsp3) is 0.211. The van der Waals surface area contributed by atoms with Crippen molar-refractivity contribution in [3.8, 4) is 10.6 Å². The van der Waals surface area contributed by atoms with Gasteiger partial charge in [0.2, 0.25) is 21.1 Å². The second-order valence-electron chi connectivity index (χ2n) is 6.46. The summed E-state index contributed by atoms with van der Waals surface area (Å²) in [4.78, 5) is 12.5. The van der Waals surface area contributed by atoms with Crippen molar-refractivity contribution in [3.63, 3.8) is 0 Å². The van der Waals surface area contributed by atoms with E-state index in [4.69, 9.17) is 11.6 Å². The summed E-state index contributed by atoms with van der Waals surface area (Å²) in [5.74, 6) is -0.505. The van der Waals surface area contributed by atoms with Gasteiger partial charge in [0.1, 0.15) is 11.6 Å². The summed E-state index contributed by atoms with van der Waals surface area (Å²) in [7, 11) is -3.66. The molecule has 0 aliphatic heterocycles. The van der Waals surface area contributed by atoms with Crippen molar-refractivity contribution in [2.24, 2.45) is 0 Å². The Morgan fingerprint density at radius 3 is 2.48 bits per heavy atom. The molecule has 0 fully saturated rings. The minimum Gasteiger partial charge on any atom is -0.299 e. The molecule has 3 rings (SSSR count). The van der Waals surface area contributed by atoms with Crippen LogP contribution in [0.15, 0.2) is 42.5 Å². The minimum atomic E-state index is -3.66. The number of halogens is 1. The Morgan fingerprint density at radius 2 is 1.83 bits per heavy atom. The van der Waals surface area contributed by atoms with Crippen molar-refractivity contribution >= 4 is 49.7 Å². The summed E-state index contributed by atoms with van der Waals surface area (Å²) in [5, 5.41) is 12.2. The summed E-state index contributed by atoms with van der Waals surface area (Å²) in [6.45, 7) is 3.35. The number of nitrogens with one attached hydrogen (secondary N) is 1. The van der Waals surface area contributed by atoms with Crippen LogP contribution in [0.3, 0.4) is 0 Å². The van der Waals surface area contributed by atoms with E-state index in [0.717, 1.165) is 27.3 Å². The molecule has 29 heavy (non-hydrogen) atoms. The maximum Gasteiger partial charge on any atom is 0.246 e. The number of amides is 1. The number of anilines is 2. The minimum absolute atomic E-state index is 0.286.